The van der Waals surface area contributed by atoms with E-state index in [1.54, 1.807) is 0 Å². The number of anilines is 1. The van der Waals surface area contributed by atoms with Crippen LogP contribution in [-0.4, -0.2) is 78.1 Å². The SMILES string of the molecule is N=C(N)c1ccc(N2CCN([C@H]3CC[N@@+](CC(=O)O)(Cc4ccccc4)CC3)CC2)cc1. The summed E-state index contributed by atoms with van der Waals surface area (Å²) in [6.07, 6.45) is 2.10. The van der Waals surface area contributed by atoms with Crippen LogP contribution in [0.2, 0.25) is 0 Å². The van der Waals surface area contributed by atoms with Gasteiger partial charge in [-0.15, -0.1) is 0 Å². The number of carboxylic acids is 1. The van der Waals surface area contributed by atoms with Gasteiger partial charge in [-0.25, -0.2) is 4.79 Å². The van der Waals surface area contributed by atoms with Crippen LogP contribution < -0.4 is 10.6 Å². The number of quaternary nitrogens is 1. The van der Waals surface area contributed by atoms with Crippen molar-refractivity contribution < 1.29 is 14.4 Å². The Kier molecular flexibility index (Phi) is 6.77. The van der Waals surface area contributed by atoms with Crippen LogP contribution in [0.25, 0.3) is 0 Å². The highest BCUT2D eigenvalue weighted by Crippen LogP contribution is 2.27. The average Bonchev–Trinajstić information content (AvgIpc) is 2.80. The van der Waals surface area contributed by atoms with E-state index in [9.17, 15) is 9.90 Å². The molecule has 0 amide bonds. The van der Waals surface area contributed by atoms with E-state index in [0.29, 0.717) is 10.5 Å². The van der Waals surface area contributed by atoms with Crippen molar-refractivity contribution >= 4 is 17.5 Å². The van der Waals surface area contributed by atoms with Crippen LogP contribution in [0.3, 0.4) is 0 Å². The summed E-state index contributed by atoms with van der Waals surface area (Å²) in [7, 11) is 0. The van der Waals surface area contributed by atoms with E-state index in [0.717, 1.165) is 64.2 Å². The molecule has 2 aliphatic rings. The Morgan fingerprint density at radius 3 is 2.19 bits per heavy atom. The number of carboxylic acid groups (broad SMARTS) is 1. The maximum Gasteiger partial charge on any atom is 0.359 e. The van der Waals surface area contributed by atoms with E-state index in [1.807, 2.05) is 42.5 Å². The number of carbonyl (C=O) groups is 1. The lowest BCUT2D eigenvalue weighted by Gasteiger charge is -2.47. The molecule has 0 radical (unpaired) electrons. The van der Waals surface area contributed by atoms with Crippen LogP contribution in [0.4, 0.5) is 5.69 Å². The smallest absolute Gasteiger partial charge is 0.359 e. The molecular weight excluding hydrogens is 402 g/mol. The molecular formula is C25H34N5O2+. The minimum Gasteiger partial charge on any atom is -0.477 e. The lowest BCUT2D eigenvalue weighted by Crippen LogP contribution is -2.59. The monoisotopic (exact) mass is 436 g/mol. The first-order chi connectivity index (χ1) is 15.4. The molecule has 0 unspecified atom stereocenters. The molecule has 2 aliphatic heterocycles. The van der Waals surface area contributed by atoms with E-state index >= 15 is 0 Å². The number of piperazine rings is 1. The summed E-state index contributed by atoms with van der Waals surface area (Å²) < 4.78 is 0.651. The molecule has 2 saturated heterocycles. The third kappa shape index (κ3) is 5.29. The van der Waals surface area contributed by atoms with Crippen molar-refractivity contribution in [2.75, 3.05) is 50.7 Å². The quantitative estimate of drug-likeness (QED) is 0.352. The lowest BCUT2D eigenvalue weighted by atomic mass is 9.98. The van der Waals surface area contributed by atoms with Gasteiger partial charge in [-0.05, 0) is 24.3 Å². The molecule has 0 aliphatic carbocycles. The summed E-state index contributed by atoms with van der Waals surface area (Å²) in [5.74, 6) is -0.605. The van der Waals surface area contributed by atoms with E-state index in [1.165, 1.54) is 11.3 Å². The van der Waals surface area contributed by atoms with Crippen molar-refractivity contribution in [2.24, 2.45) is 5.73 Å². The molecule has 0 bridgehead atoms. The Bertz CT molecular complexity index is 915. The van der Waals surface area contributed by atoms with Crippen molar-refractivity contribution in [3.8, 4) is 0 Å². The average molecular weight is 437 g/mol. The van der Waals surface area contributed by atoms with Crippen LogP contribution in [0.15, 0.2) is 54.6 Å². The largest absolute Gasteiger partial charge is 0.477 e. The second kappa shape index (κ2) is 9.71. The summed E-state index contributed by atoms with van der Waals surface area (Å²) in [6.45, 7) is 6.84. The van der Waals surface area contributed by atoms with Crippen LogP contribution in [0.1, 0.15) is 24.0 Å². The topological polar surface area (TPSA) is 93.7 Å². The molecule has 0 saturated carbocycles. The first kappa shape index (κ1) is 22.3. The number of piperidine rings is 1. The van der Waals surface area contributed by atoms with Gasteiger partial charge in [0.05, 0.1) is 13.1 Å². The molecule has 170 valence electrons. The molecule has 7 nitrogen and oxygen atoms in total. The Labute approximate surface area is 190 Å². The maximum atomic E-state index is 11.6. The van der Waals surface area contributed by atoms with Gasteiger partial charge in [-0.2, -0.15) is 0 Å². The van der Waals surface area contributed by atoms with Gasteiger partial charge in [0, 0.05) is 61.9 Å². The molecule has 4 rings (SSSR count). The zero-order valence-corrected chi connectivity index (χ0v) is 18.6. The fourth-order valence-corrected chi connectivity index (χ4v) is 5.29. The zero-order valence-electron chi connectivity index (χ0n) is 18.6. The van der Waals surface area contributed by atoms with E-state index in [2.05, 4.69) is 21.9 Å². The number of rotatable bonds is 7. The molecule has 2 fully saturated rings. The van der Waals surface area contributed by atoms with Gasteiger partial charge in [0.1, 0.15) is 12.4 Å². The summed E-state index contributed by atoms with van der Waals surface area (Å²) in [5.41, 5.74) is 8.72. The van der Waals surface area contributed by atoms with Crippen molar-refractivity contribution in [1.82, 2.24) is 4.90 Å². The van der Waals surface area contributed by atoms with Gasteiger partial charge < -0.3 is 20.2 Å². The van der Waals surface area contributed by atoms with Crippen LogP contribution >= 0.6 is 0 Å². The highest BCUT2D eigenvalue weighted by Gasteiger charge is 2.38. The third-order valence-electron chi connectivity index (χ3n) is 7.08. The summed E-state index contributed by atoms with van der Waals surface area (Å²) >= 11 is 0. The predicted octanol–water partition coefficient (Wildman–Crippen LogP) is 2.36. The number of aliphatic carboxylic acids is 1. The zero-order chi connectivity index (χ0) is 22.6. The number of likely N-dealkylation sites (tertiary alicyclic amines) is 1. The molecule has 2 aromatic carbocycles. The van der Waals surface area contributed by atoms with Crippen LogP contribution in [0, 0.1) is 5.41 Å². The number of nitrogen functional groups attached to an aromatic ring is 1. The second-order valence-corrected chi connectivity index (χ2v) is 9.20. The summed E-state index contributed by atoms with van der Waals surface area (Å²) in [4.78, 5) is 16.6. The van der Waals surface area contributed by atoms with Gasteiger partial charge in [0.15, 0.2) is 6.54 Å². The highest BCUT2D eigenvalue weighted by atomic mass is 16.4. The number of nitrogens with two attached hydrogens (primary N) is 1. The van der Waals surface area contributed by atoms with Crippen molar-refractivity contribution in [2.45, 2.75) is 25.4 Å². The van der Waals surface area contributed by atoms with E-state index < -0.39 is 5.97 Å². The number of hydrogen-bond donors (Lipinski definition) is 3. The molecule has 32 heavy (non-hydrogen) atoms. The third-order valence-corrected chi connectivity index (χ3v) is 7.08. The standard InChI is InChI=1S/C25H33N5O2/c26-25(27)21-6-8-22(9-7-21)28-12-14-29(15-13-28)23-10-16-30(17-11-23,19-24(31)32)18-20-4-2-1-3-5-20/h1-9,23H,10-19H2,(H3-,26,27,31,32)/p+1/t23-,30-. The lowest BCUT2D eigenvalue weighted by molar-refractivity contribution is -0.939. The van der Waals surface area contributed by atoms with Crippen molar-refractivity contribution in [3.63, 3.8) is 0 Å². The minimum absolute atomic E-state index is 0.100. The first-order valence-electron chi connectivity index (χ1n) is 11.5. The summed E-state index contributed by atoms with van der Waals surface area (Å²) in [5, 5.41) is 17.1. The Morgan fingerprint density at radius 1 is 1.00 bits per heavy atom. The summed E-state index contributed by atoms with van der Waals surface area (Å²) in [6, 6.07) is 18.8. The number of amidine groups is 1. The molecule has 2 aromatic rings. The van der Waals surface area contributed by atoms with Gasteiger partial charge in [0.2, 0.25) is 0 Å². The predicted molar refractivity (Wildman–Crippen MR) is 127 cm³/mol. The normalized spacial score (nSPS) is 24.2. The molecule has 4 N–H and O–H groups in total. The van der Waals surface area contributed by atoms with Gasteiger partial charge in [-0.3, -0.25) is 10.3 Å². The van der Waals surface area contributed by atoms with E-state index in [-0.39, 0.29) is 12.4 Å². The van der Waals surface area contributed by atoms with Crippen molar-refractivity contribution in [3.05, 3.63) is 65.7 Å². The number of nitrogens with one attached hydrogen (secondary N) is 1. The van der Waals surface area contributed by atoms with Crippen molar-refractivity contribution in [1.29, 1.82) is 5.41 Å². The number of hydrogen-bond acceptors (Lipinski definition) is 4. The fraction of sp³-hybridized carbons (Fsp3) is 0.440. The molecule has 2 heterocycles. The van der Waals surface area contributed by atoms with Gasteiger partial charge >= 0.3 is 5.97 Å². The van der Waals surface area contributed by atoms with Gasteiger partial charge in [-0.1, -0.05) is 30.3 Å². The fourth-order valence-electron chi connectivity index (χ4n) is 5.29. The number of benzene rings is 2. The van der Waals surface area contributed by atoms with Crippen LogP contribution in [0.5, 0.6) is 0 Å². The minimum atomic E-state index is -0.705. The second-order valence-electron chi connectivity index (χ2n) is 9.20. The molecule has 0 atom stereocenters. The maximum absolute atomic E-state index is 11.6. The Balaban J connectivity index is 1.32. The van der Waals surface area contributed by atoms with Crippen LogP contribution in [-0.2, 0) is 11.3 Å². The Morgan fingerprint density at radius 2 is 1.62 bits per heavy atom. The molecule has 0 spiro atoms. The molecule has 7 heteroatoms. The van der Waals surface area contributed by atoms with Gasteiger partial charge in [0.25, 0.3) is 0 Å². The molecule has 0 aromatic heterocycles. The van der Waals surface area contributed by atoms with E-state index in [4.69, 9.17) is 11.1 Å². The first-order valence-corrected chi connectivity index (χ1v) is 11.5. The number of nitrogens with zero attached hydrogens (tertiary/aromatic N) is 3. The Hall–Kier alpha value is -2.90. The highest BCUT2D eigenvalue weighted by molar-refractivity contribution is 5.95.